The molecule has 0 fully saturated rings. The highest BCUT2D eigenvalue weighted by molar-refractivity contribution is 5.94. The summed E-state index contributed by atoms with van der Waals surface area (Å²) < 4.78 is 4.94. The Balaban J connectivity index is 2.50. The predicted molar refractivity (Wildman–Crippen MR) is 101 cm³/mol. The Morgan fingerprint density at radius 2 is 1.88 bits per heavy atom. The number of carbonyl (C=O) groups excluding carboxylic acids is 2. The molecule has 2 N–H and O–H groups in total. The topological polar surface area (TPSA) is 70.7 Å². The number of amides is 2. The molecule has 6 nitrogen and oxygen atoms in total. The summed E-state index contributed by atoms with van der Waals surface area (Å²) in [5.41, 5.74) is 3.03. The van der Waals surface area contributed by atoms with Crippen LogP contribution in [0.25, 0.3) is 0 Å². The Labute approximate surface area is 150 Å². The normalized spacial score (nSPS) is 11.0. The van der Waals surface area contributed by atoms with E-state index in [-0.39, 0.29) is 24.9 Å². The van der Waals surface area contributed by atoms with Gasteiger partial charge in [-0.05, 0) is 37.4 Å². The summed E-state index contributed by atoms with van der Waals surface area (Å²) in [6.07, 6.45) is 0.775. The van der Waals surface area contributed by atoms with Crippen LogP contribution in [0.5, 0.6) is 0 Å². The summed E-state index contributed by atoms with van der Waals surface area (Å²) in [5, 5.41) is 5.81. The molecule has 0 saturated heterocycles. The molecule has 0 unspecified atom stereocenters. The number of hydrogen-bond acceptors (Lipinski definition) is 4. The van der Waals surface area contributed by atoms with Gasteiger partial charge in [0.1, 0.15) is 0 Å². The van der Waals surface area contributed by atoms with Gasteiger partial charge in [0, 0.05) is 25.9 Å². The second-order valence-corrected chi connectivity index (χ2v) is 6.61. The van der Waals surface area contributed by atoms with E-state index in [1.807, 2.05) is 25.1 Å². The van der Waals surface area contributed by atoms with E-state index in [1.54, 1.807) is 19.1 Å². The zero-order valence-electron chi connectivity index (χ0n) is 16.0. The average Bonchev–Trinajstić information content (AvgIpc) is 2.53. The third-order valence-corrected chi connectivity index (χ3v) is 3.87. The molecule has 6 heteroatoms. The van der Waals surface area contributed by atoms with Crippen LogP contribution in [-0.4, -0.2) is 57.1 Å². The summed E-state index contributed by atoms with van der Waals surface area (Å²) in [5.74, 6) is 0.113. The lowest BCUT2D eigenvalue weighted by Gasteiger charge is -2.19. The number of benzene rings is 1. The van der Waals surface area contributed by atoms with Gasteiger partial charge >= 0.3 is 0 Å². The first-order valence-corrected chi connectivity index (χ1v) is 8.68. The molecule has 0 aliphatic rings. The largest absolute Gasteiger partial charge is 0.385 e. The summed E-state index contributed by atoms with van der Waals surface area (Å²) in [4.78, 5) is 25.9. The van der Waals surface area contributed by atoms with Gasteiger partial charge in [0.05, 0.1) is 13.1 Å². The van der Waals surface area contributed by atoms with Crippen LogP contribution in [0.2, 0.25) is 0 Å². The lowest BCUT2D eigenvalue weighted by Crippen LogP contribution is -2.39. The van der Waals surface area contributed by atoms with Gasteiger partial charge in [0.2, 0.25) is 11.8 Å². The van der Waals surface area contributed by atoms with Gasteiger partial charge in [-0.15, -0.1) is 0 Å². The van der Waals surface area contributed by atoms with Crippen LogP contribution in [0.4, 0.5) is 5.69 Å². The van der Waals surface area contributed by atoms with E-state index >= 15 is 0 Å². The third kappa shape index (κ3) is 7.67. The van der Waals surface area contributed by atoms with E-state index in [0.29, 0.717) is 19.1 Å². The fourth-order valence-corrected chi connectivity index (χ4v) is 2.57. The summed E-state index contributed by atoms with van der Waals surface area (Å²) in [7, 11) is 3.39. The lowest BCUT2D eigenvalue weighted by molar-refractivity contribution is -0.123. The summed E-state index contributed by atoms with van der Waals surface area (Å²) in [6.45, 7) is 7.73. The van der Waals surface area contributed by atoms with Crippen LogP contribution in [0, 0.1) is 6.92 Å². The number of ether oxygens (including phenoxy) is 1. The molecule has 1 aromatic carbocycles. The van der Waals surface area contributed by atoms with Crippen molar-refractivity contribution in [2.75, 3.05) is 45.7 Å². The van der Waals surface area contributed by atoms with Crippen LogP contribution in [-0.2, 0) is 14.3 Å². The second kappa shape index (κ2) is 10.8. The van der Waals surface area contributed by atoms with Crippen molar-refractivity contribution in [3.05, 3.63) is 29.3 Å². The van der Waals surface area contributed by atoms with Crippen molar-refractivity contribution in [3.8, 4) is 0 Å². The molecular weight excluding hydrogens is 318 g/mol. The van der Waals surface area contributed by atoms with Crippen molar-refractivity contribution in [2.45, 2.75) is 33.1 Å². The maximum absolute atomic E-state index is 12.3. The number of nitrogens with zero attached hydrogens (tertiary/aromatic N) is 1. The Kier molecular flexibility index (Phi) is 9.16. The Morgan fingerprint density at radius 1 is 1.20 bits per heavy atom. The van der Waals surface area contributed by atoms with Gasteiger partial charge in [0.25, 0.3) is 0 Å². The van der Waals surface area contributed by atoms with Gasteiger partial charge in [-0.2, -0.15) is 0 Å². The zero-order chi connectivity index (χ0) is 18.8. The monoisotopic (exact) mass is 349 g/mol. The van der Waals surface area contributed by atoms with Gasteiger partial charge in [0.15, 0.2) is 0 Å². The molecule has 0 atom stereocenters. The molecule has 25 heavy (non-hydrogen) atoms. The summed E-state index contributed by atoms with van der Waals surface area (Å²) >= 11 is 0. The van der Waals surface area contributed by atoms with Gasteiger partial charge in [-0.1, -0.05) is 32.0 Å². The first kappa shape index (κ1) is 21.1. The molecule has 1 rings (SSSR count). The fourth-order valence-electron chi connectivity index (χ4n) is 2.57. The molecule has 0 aliphatic heterocycles. The van der Waals surface area contributed by atoms with Gasteiger partial charge in [-0.3, -0.25) is 14.5 Å². The van der Waals surface area contributed by atoms with Crippen LogP contribution >= 0.6 is 0 Å². The van der Waals surface area contributed by atoms with Crippen molar-refractivity contribution in [2.24, 2.45) is 0 Å². The summed E-state index contributed by atoms with van der Waals surface area (Å²) in [6, 6.07) is 6.02. The van der Waals surface area contributed by atoms with Crippen molar-refractivity contribution in [1.82, 2.24) is 10.2 Å². The minimum atomic E-state index is -0.120. The molecule has 0 bridgehead atoms. The Morgan fingerprint density at radius 3 is 2.52 bits per heavy atom. The number of aryl methyl sites for hydroxylation is 1. The van der Waals surface area contributed by atoms with Crippen molar-refractivity contribution < 1.29 is 14.3 Å². The minimum Gasteiger partial charge on any atom is -0.385 e. The molecule has 0 spiro atoms. The third-order valence-electron chi connectivity index (χ3n) is 3.87. The van der Waals surface area contributed by atoms with E-state index in [4.69, 9.17) is 4.74 Å². The molecular formula is C19H31N3O3. The maximum Gasteiger partial charge on any atom is 0.238 e. The van der Waals surface area contributed by atoms with Crippen molar-refractivity contribution in [1.29, 1.82) is 0 Å². The smallest absolute Gasteiger partial charge is 0.238 e. The SMILES string of the molecule is COCCCNC(=O)CN(C)CC(=O)Nc1c(C)cccc1C(C)C. The zero-order valence-corrected chi connectivity index (χ0v) is 16.0. The molecule has 140 valence electrons. The molecule has 1 aromatic rings. The second-order valence-electron chi connectivity index (χ2n) is 6.61. The molecule has 2 amide bonds. The lowest BCUT2D eigenvalue weighted by atomic mass is 9.98. The molecule has 0 heterocycles. The number of likely N-dealkylation sites (N-methyl/N-ethyl adjacent to an activating group) is 1. The average molecular weight is 349 g/mol. The number of para-hydroxylation sites is 1. The fraction of sp³-hybridized carbons (Fsp3) is 0.579. The van der Waals surface area contributed by atoms with E-state index in [2.05, 4.69) is 24.5 Å². The quantitative estimate of drug-likeness (QED) is 0.635. The van der Waals surface area contributed by atoms with Gasteiger partial charge in [-0.25, -0.2) is 0 Å². The van der Waals surface area contributed by atoms with Crippen molar-refractivity contribution >= 4 is 17.5 Å². The Bertz CT molecular complexity index is 573. The molecule has 0 radical (unpaired) electrons. The number of hydrogen-bond donors (Lipinski definition) is 2. The first-order valence-electron chi connectivity index (χ1n) is 8.68. The van der Waals surface area contributed by atoms with Crippen LogP contribution < -0.4 is 10.6 Å². The maximum atomic E-state index is 12.3. The van der Waals surface area contributed by atoms with Gasteiger partial charge < -0.3 is 15.4 Å². The highest BCUT2D eigenvalue weighted by atomic mass is 16.5. The van der Waals surface area contributed by atoms with Crippen LogP contribution in [0.15, 0.2) is 18.2 Å². The standard InChI is InChI=1S/C19H31N3O3/c1-14(2)16-9-6-8-15(3)19(16)21-18(24)13-22(4)12-17(23)20-10-7-11-25-5/h6,8-9,14H,7,10-13H2,1-5H3,(H,20,23)(H,21,24). The van der Waals surface area contributed by atoms with Crippen molar-refractivity contribution in [3.63, 3.8) is 0 Å². The number of methoxy groups -OCH3 is 1. The van der Waals surface area contributed by atoms with E-state index < -0.39 is 0 Å². The predicted octanol–water partition coefficient (Wildman–Crippen LogP) is 2.14. The number of nitrogens with one attached hydrogen (secondary N) is 2. The van der Waals surface area contributed by atoms with E-state index in [0.717, 1.165) is 23.2 Å². The van der Waals surface area contributed by atoms with Crippen LogP contribution in [0.3, 0.4) is 0 Å². The highest BCUT2D eigenvalue weighted by Gasteiger charge is 2.14. The number of rotatable bonds is 10. The molecule has 0 aromatic heterocycles. The number of carbonyl (C=O) groups is 2. The molecule has 0 saturated carbocycles. The first-order chi connectivity index (χ1) is 11.8. The number of anilines is 1. The minimum absolute atomic E-state index is 0.0924. The van der Waals surface area contributed by atoms with E-state index in [9.17, 15) is 9.59 Å². The van der Waals surface area contributed by atoms with E-state index in [1.165, 1.54) is 0 Å². The highest BCUT2D eigenvalue weighted by Crippen LogP contribution is 2.27. The Hall–Kier alpha value is -1.92. The molecule has 0 aliphatic carbocycles. The van der Waals surface area contributed by atoms with Crippen LogP contribution in [0.1, 0.15) is 37.3 Å².